The van der Waals surface area contributed by atoms with Gasteiger partial charge in [0, 0.05) is 17.0 Å². The number of fused-ring (bicyclic) bond motifs is 2. The van der Waals surface area contributed by atoms with Gasteiger partial charge in [-0.2, -0.15) is 0 Å². The van der Waals surface area contributed by atoms with Crippen LogP contribution in [0.2, 0.25) is 0 Å². The van der Waals surface area contributed by atoms with Crippen molar-refractivity contribution >= 4 is 10.9 Å². The van der Waals surface area contributed by atoms with Crippen molar-refractivity contribution in [1.29, 1.82) is 0 Å². The minimum Gasteiger partial charge on any atom is -0.454 e. The summed E-state index contributed by atoms with van der Waals surface area (Å²) in [6.45, 7) is 2.07. The standard InChI is InChI=1S/C23H28N6O3/c30-23-17(11-15-12-19-20(32-14-31-19)13-18(15)24-23)21(28-9-5-2-6-10-28)22-25-26-27-29(22)16-7-3-1-4-8-16/h11-13,16,21H,1-10,14H2,(H,24,30). The molecule has 1 atom stereocenters. The average Bonchev–Trinajstić information content (AvgIpc) is 3.49. The van der Waals surface area contributed by atoms with Crippen molar-refractivity contribution < 1.29 is 9.47 Å². The van der Waals surface area contributed by atoms with Crippen LogP contribution < -0.4 is 15.0 Å². The van der Waals surface area contributed by atoms with Crippen LogP contribution in [0.4, 0.5) is 0 Å². The number of tetrazole rings is 1. The van der Waals surface area contributed by atoms with E-state index in [1.165, 1.54) is 25.7 Å². The van der Waals surface area contributed by atoms with E-state index >= 15 is 0 Å². The number of ether oxygens (including phenoxy) is 2. The molecule has 9 nitrogen and oxygen atoms in total. The largest absolute Gasteiger partial charge is 0.454 e. The second-order valence-corrected chi connectivity index (χ2v) is 9.12. The molecule has 0 spiro atoms. The Labute approximate surface area is 185 Å². The molecule has 0 amide bonds. The molecule has 32 heavy (non-hydrogen) atoms. The fourth-order valence-electron chi connectivity index (χ4n) is 5.46. The lowest BCUT2D eigenvalue weighted by Crippen LogP contribution is -2.39. The summed E-state index contributed by atoms with van der Waals surface area (Å²) in [5, 5.41) is 13.9. The summed E-state index contributed by atoms with van der Waals surface area (Å²) in [6, 6.07) is 5.79. The number of rotatable bonds is 4. The predicted molar refractivity (Wildman–Crippen MR) is 118 cm³/mol. The van der Waals surface area contributed by atoms with Gasteiger partial charge < -0.3 is 14.5 Å². The number of hydrogen-bond acceptors (Lipinski definition) is 7. The second-order valence-electron chi connectivity index (χ2n) is 9.12. The maximum Gasteiger partial charge on any atom is 0.253 e. The van der Waals surface area contributed by atoms with Gasteiger partial charge in [0.1, 0.15) is 6.04 Å². The van der Waals surface area contributed by atoms with E-state index in [1.54, 1.807) is 0 Å². The summed E-state index contributed by atoms with van der Waals surface area (Å²) in [5.74, 6) is 2.15. The SMILES string of the molecule is O=c1[nH]c2cc3c(cc2cc1C(c1nnnn1C1CCCCC1)N1CCCCC1)OCO3. The van der Waals surface area contributed by atoms with E-state index in [0.29, 0.717) is 23.1 Å². The first-order valence-electron chi connectivity index (χ1n) is 11.8. The molecular weight excluding hydrogens is 408 g/mol. The molecule has 6 rings (SSSR count). The van der Waals surface area contributed by atoms with Crippen LogP contribution >= 0.6 is 0 Å². The number of nitrogens with one attached hydrogen (secondary N) is 1. The molecule has 4 heterocycles. The molecule has 1 aromatic carbocycles. The van der Waals surface area contributed by atoms with Crippen molar-refractivity contribution in [2.45, 2.75) is 63.5 Å². The molecule has 2 aliphatic heterocycles. The van der Waals surface area contributed by atoms with Gasteiger partial charge in [-0.25, -0.2) is 4.68 Å². The van der Waals surface area contributed by atoms with Gasteiger partial charge in [0.25, 0.3) is 5.56 Å². The Hall–Kier alpha value is -2.94. The number of nitrogens with zero attached hydrogens (tertiary/aromatic N) is 5. The van der Waals surface area contributed by atoms with Crippen molar-refractivity contribution in [1.82, 2.24) is 30.1 Å². The van der Waals surface area contributed by atoms with Crippen LogP contribution in [0.25, 0.3) is 10.9 Å². The Morgan fingerprint density at radius 1 is 0.969 bits per heavy atom. The van der Waals surface area contributed by atoms with Crippen molar-refractivity contribution in [3.05, 3.63) is 39.9 Å². The van der Waals surface area contributed by atoms with Gasteiger partial charge in [0.15, 0.2) is 17.3 Å². The molecule has 1 N–H and O–H groups in total. The second kappa shape index (κ2) is 8.20. The summed E-state index contributed by atoms with van der Waals surface area (Å²) in [6.07, 6.45) is 9.28. The van der Waals surface area contributed by atoms with Crippen LogP contribution in [-0.2, 0) is 0 Å². The molecule has 3 aliphatic rings. The Balaban J connectivity index is 1.48. The van der Waals surface area contributed by atoms with E-state index in [2.05, 4.69) is 25.4 Å². The number of likely N-dealkylation sites (tertiary alicyclic amines) is 1. The molecule has 3 aromatic rings. The number of aromatic nitrogens is 5. The average molecular weight is 437 g/mol. The Kier molecular flexibility index (Phi) is 5.05. The summed E-state index contributed by atoms with van der Waals surface area (Å²) in [4.78, 5) is 18.8. The van der Waals surface area contributed by atoms with E-state index in [0.717, 1.165) is 55.5 Å². The highest BCUT2D eigenvalue weighted by atomic mass is 16.7. The summed E-state index contributed by atoms with van der Waals surface area (Å²) in [7, 11) is 0. The fraction of sp³-hybridized carbons (Fsp3) is 0.565. The van der Waals surface area contributed by atoms with Crippen molar-refractivity contribution in [3.63, 3.8) is 0 Å². The quantitative estimate of drug-likeness (QED) is 0.670. The highest BCUT2D eigenvalue weighted by Crippen LogP contribution is 2.37. The maximum atomic E-state index is 13.4. The minimum atomic E-state index is -0.272. The van der Waals surface area contributed by atoms with E-state index in [-0.39, 0.29) is 18.4 Å². The normalized spacial score (nSPS) is 20.6. The zero-order valence-corrected chi connectivity index (χ0v) is 18.1. The topological polar surface area (TPSA) is 98.2 Å². The first kappa shape index (κ1) is 19.7. The van der Waals surface area contributed by atoms with E-state index in [4.69, 9.17) is 9.47 Å². The van der Waals surface area contributed by atoms with E-state index < -0.39 is 0 Å². The monoisotopic (exact) mass is 436 g/mol. The first-order valence-corrected chi connectivity index (χ1v) is 11.8. The van der Waals surface area contributed by atoms with Crippen LogP contribution in [0.5, 0.6) is 11.5 Å². The Morgan fingerprint density at radius 2 is 1.72 bits per heavy atom. The number of pyridine rings is 1. The lowest BCUT2D eigenvalue weighted by Gasteiger charge is -2.34. The summed E-state index contributed by atoms with van der Waals surface area (Å²) >= 11 is 0. The molecule has 0 radical (unpaired) electrons. The van der Waals surface area contributed by atoms with Crippen LogP contribution in [0.3, 0.4) is 0 Å². The van der Waals surface area contributed by atoms with Crippen molar-refractivity contribution in [2.75, 3.05) is 19.9 Å². The number of benzene rings is 1. The minimum absolute atomic E-state index is 0.106. The maximum absolute atomic E-state index is 13.4. The van der Waals surface area contributed by atoms with Gasteiger partial charge in [0.05, 0.1) is 11.6 Å². The van der Waals surface area contributed by atoms with Gasteiger partial charge in [-0.3, -0.25) is 9.69 Å². The van der Waals surface area contributed by atoms with Gasteiger partial charge in [-0.15, -0.1) is 5.10 Å². The highest BCUT2D eigenvalue weighted by Gasteiger charge is 2.33. The van der Waals surface area contributed by atoms with Crippen LogP contribution in [0.1, 0.15) is 74.8 Å². The molecular formula is C23H28N6O3. The van der Waals surface area contributed by atoms with Crippen LogP contribution in [0.15, 0.2) is 23.0 Å². The van der Waals surface area contributed by atoms with Gasteiger partial charge in [-0.05, 0) is 61.3 Å². The fourth-order valence-corrected chi connectivity index (χ4v) is 5.46. The Bertz CT molecular complexity index is 1180. The number of hydrogen-bond donors (Lipinski definition) is 1. The molecule has 1 saturated carbocycles. The number of aromatic amines is 1. The molecule has 168 valence electrons. The molecule has 0 bridgehead atoms. The number of piperidine rings is 1. The molecule has 1 unspecified atom stereocenters. The van der Waals surface area contributed by atoms with E-state index in [9.17, 15) is 4.79 Å². The molecule has 1 saturated heterocycles. The van der Waals surface area contributed by atoms with Crippen LogP contribution in [-0.4, -0.2) is 50.0 Å². The molecule has 2 fully saturated rings. The zero-order valence-electron chi connectivity index (χ0n) is 18.1. The van der Waals surface area contributed by atoms with E-state index in [1.807, 2.05) is 22.9 Å². The molecule has 1 aliphatic carbocycles. The third-order valence-corrected chi connectivity index (χ3v) is 7.10. The first-order chi connectivity index (χ1) is 15.8. The zero-order chi connectivity index (χ0) is 21.5. The molecule has 9 heteroatoms. The summed E-state index contributed by atoms with van der Waals surface area (Å²) in [5.41, 5.74) is 1.32. The lowest BCUT2D eigenvalue weighted by atomic mass is 9.94. The van der Waals surface area contributed by atoms with Crippen molar-refractivity contribution in [3.8, 4) is 11.5 Å². The van der Waals surface area contributed by atoms with Gasteiger partial charge in [-0.1, -0.05) is 25.7 Å². The number of H-pyrrole nitrogens is 1. The molecule has 2 aromatic heterocycles. The lowest BCUT2D eigenvalue weighted by molar-refractivity contribution is 0.171. The van der Waals surface area contributed by atoms with Gasteiger partial charge in [0.2, 0.25) is 6.79 Å². The third-order valence-electron chi connectivity index (χ3n) is 7.10. The highest BCUT2D eigenvalue weighted by molar-refractivity contribution is 5.83. The smallest absolute Gasteiger partial charge is 0.253 e. The van der Waals surface area contributed by atoms with Gasteiger partial charge >= 0.3 is 0 Å². The summed E-state index contributed by atoms with van der Waals surface area (Å²) < 4.78 is 13.0. The van der Waals surface area contributed by atoms with Crippen LogP contribution in [0, 0.1) is 0 Å². The predicted octanol–water partition coefficient (Wildman–Crippen LogP) is 3.32. The third kappa shape index (κ3) is 3.44. The van der Waals surface area contributed by atoms with Crippen molar-refractivity contribution in [2.24, 2.45) is 0 Å². The Morgan fingerprint density at radius 3 is 2.53 bits per heavy atom.